The van der Waals surface area contributed by atoms with Gasteiger partial charge in [0, 0.05) is 24.4 Å². The molecule has 1 aliphatic rings. The Hall–Kier alpha value is -2.54. The highest BCUT2D eigenvalue weighted by Crippen LogP contribution is 2.28. The molecule has 1 aliphatic heterocycles. The number of aryl methyl sites for hydroxylation is 2. The minimum atomic E-state index is -0.248. The Balaban J connectivity index is 1.39. The number of amides is 1. The van der Waals surface area contributed by atoms with Gasteiger partial charge >= 0.3 is 0 Å². The van der Waals surface area contributed by atoms with E-state index in [0.29, 0.717) is 25.3 Å². The molecule has 3 heterocycles. The minimum Gasteiger partial charge on any atom is -0.445 e. The fourth-order valence-electron chi connectivity index (χ4n) is 3.79. The quantitative estimate of drug-likeness (QED) is 0.621. The van der Waals surface area contributed by atoms with Crippen molar-refractivity contribution in [2.75, 3.05) is 13.1 Å². The van der Waals surface area contributed by atoms with Crippen molar-refractivity contribution >= 4 is 17.2 Å². The Bertz CT molecular complexity index is 996. The molecule has 1 amide bonds. The maximum atomic E-state index is 13.1. The van der Waals surface area contributed by atoms with E-state index in [1.165, 1.54) is 12.1 Å². The van der Waals surface area contributed by atoms with Gasteiger partial charge in [-0.15, -0.1) is 11.3 Å². The van der Waals surface area contributed by atoms with Crippen molar-refractivity contribution in [1.29, 1.82) is 0 Å². The number of rotatable bonds is 5. The molecule has 0 aliphatic carbocycles. The van der Waals surface area contributed by atoms with Gasteiger partial charge in [-0.2, -0.15) is 0 Å². The number of carbonyl (C=O) groups excluding carboxylic acids is 1. The number of oxazole rings is 1. The Morgan fingerprint density at radius 3 is 2.83 bits per heavy atom. The lowest BCUT2D eigenvalue weighted by molar-refractivity contribution is -0.131. The second kappa shape index (κ2) is 8.45. The predicted octanol–water partition coefficient (Wildman–Crippen LogP) is 4.43. The monoisotopic (exact) mass is 413 g/mol. The van der Waals surface area contributed by atoms with E-state index < -0.39 is 0 Å². The molecule has 29 heavy (non-hydrogen) atoms. The van der Waals surface area contributed by atoms with Crippen LogP contribution in [0.15, 0.2) is 34.9 Å². The van der Waals surface area contributed by atoms with E-state index in [-0.39, 0.29) is 17.6 Å². The zero-order chi connectivity index (χ0) is 20.4. The Kier molecular flexibility index (Phi) is 5.76. The molecule has 7 heteroatoms. The van der Waals surface area contributed by atoms with Crippen LogP contribution >= 0.6 is 11.3 Å². The van der Waals surface area contributed by atoms with E-state index in [2.05, 4.69) is 9.97 Å². The summed E-state index contributed by atoms with van der Waals surface area (Å²) < 4.78 is 19.0. The molecule has 0 saturated carbocycles. The normalized spacial score (nSPS) is 16.9. The largest absolute Gasteiger partial charge is 0.445 e. The number of carbonyl (C=O) groups is 1. The summed E-state index contributed by atoms with van der Waals surface area (Å²) in [5.41, 5.74) is 1.93. The third-order valence-electron chi connectivity index (χ3n) is 5.30. The van der Waals surface area contributed by atoms with Crippen molar-refractivity contribution in [3.63, 3.8) is 0 Å². The fraction of sp³-hybridized carbons (Fsp3) is 0.409. The number of hydrogen-bond donors (Lipinski definition) is 0. The van der Waals surface area contributed by atoms with E-state index in [9.17, 15) is 9.18 Å². The smallest absolute Gasteiger partial charge is 0.227 e. The maximum absolute atomic E-state index is 13.1. The van der Waals surface area contributed by atoms with Crippen LogP contribution in [-0.4, -0.2) is 33.9 Å². The fourth-order valence-corrected chi connectivity index (χ4v) is 4.72. The van der Waals surface area contributed by atoms with Crippen LogP contribution in [0.2, 0.25) is 0 Å². The number of benzene rings is 1. The molecule has 0 N–H and O–H groups in total. The molecule has 1 saturated heterocycles. The van der Waals surface area contributed by atoms with Crippen LogP contribution in [0.25, 0.3) is 0 Å². The highest BCUT2D eigenvalue weighted by Gasteiger charge is 2.28. The minimum absolute atomic E-state index is 0.110. The number of hydrogen-bond acceptors (Lipinski definition) is 5. The molecule has 1 aromatic carbocycles. The molecule has 0 spiro atoms. The first-order chi connectivity index (χ1) is 14.0. The number of piperidine rings is 1. The van der Waals surface area contributed by atoms with Gasteiger partial charge in [-0.25, -0.2) is 14.4 Å². The summed E-state index contributed by atoms with van der Waals surface area (Å²) in [5.74, 6) is 1.44. The summed E-state index contributed by atoms with van der Waals surface area (Å²) in [6, 6.07) is 6.40. The van der Waals surface area contributed by atoms with Crippen molar-refractivity contribution in [2.45, 2.75) is 45.4 Å². The number of nitrogens with zero attached hydrogens (tertiary/aromatic N) is 3. The lowest BCUT2D eigenvalue weighted by atomic mass is 9.97. The molecule has 152 valence electrons. The standard InChI is InChI=1S/C22H24FN3O2S/c1-14-20(29-15(2)25-14)11-21(27)26-9-3-4-17(13-26)22-24-12-19(28-22)10-16-5-7-18(23)8-6-16/h5-8,12,17H,3-4,9-11,13H2,1-2H3. The van der Waals surface area contributed by atoms with Gasteiger partial charge in [0.05, 0.1) is 29.2 Å². The van der Waals surface area contributed by atoms with E-state index in [1.54, 1.807) is 29.7 Å². The number of aromatic nitrogens is 2. The lowest BCUT2D eigenvalue weighted by Crippen LogP contribution is -2.40. The van der Waals surface area contributed by atoms with E-state index in [0.717, 1.165) is 46.3 Å². The van der Waals surface area contributed by atoms with Gasteiger partial charge in [0.1, 0.15) is 11.6 Å². The molecule has 1 fully saturated rings. The Morgan fingerprint density at radius 2 is 2.10 bits per heavy atom. The summed E-state index contributed by atoms with van der Waals surface area (Å²) in [6.07, 6.45) is 4.62. The van der Waals surface area contributed by atoms with Crippen molar-refractivity contribution in [2.24, 2.45) is 0 Å². The van der Waals surface area contributed by atoms with Crippen LogP contribution in [0.1, 0.15) is 51.6 Å². The number of thiazole rings is 1. The van der Waals surface area contributed by atoms with Gasteiger partial charge in [0.2, 0.25) is 5.91 Å². The van der Waals surface area contributed by atoms with E-state index in [1.807, 2.05) is 18.7 Å². The second-order valence-electron chi connectivity index (χ2n) is 7.57. The van der Waals surface area contributed by atoms with Gasteiger partial charge in [0.25, 0.3) is 0 Å². The molecule has 1 unspecified atom stereocenters. The average Bonchev–Trinajstić information content (AvgIpc) is 3.30. The van der Waals surface area contributed by atoms with Crippen molar-refractivity contribution in [3.05, 3.63) is 69.1 Å². The topological polar surface area (TPSA) is 59.2 Å². The SMILES string of the molecule is Cc1nc(C)c(CC(=O)N2CCCC(c3ncc(Cc4ccc(F)cc4)o3)C2)s1. The second-order valence-corrected chi connectivity index (χ2v) is 8.85. The molecule has 3 aromatic rings. The molecule has 4 rings (SSSR count). The van der Waals surface area contributed by atoms with Gasteiger partial charge in [-0.1, -0.05) is 12.1 Å². The summed E-state index contributed by atoms with van der Waals surface area (Å²) in [6.45, 7) is 5.33. The van der Waals surface area contributed by atoms with Gasteiger partial charge in [-0.05, 0) is 44.4 Å². The summed E-state index contributed by atoms with van der Waals surface area (Å²) >= 11 is 1.60. The van der Waals surface area contributed by atoms with Crippen LogP contribution in [0, 0.1) is 19.7 Å². The predicted molar refractivity (Wildman–Crippen MR) is 110 cm³/mol. The molecule has 2 aromatic heterocycles. The van der Waals surface area contributed by atoms with Gasteiger partial charge < -0.3 is 9.32 Å². The molecular weight excluding hydrogens is 389 g/mol. The molecule has 0 radical (unpaired) electrons. The first kappa shape index (κ1) is 19.8. The zero-order valence-corrected chi connectivity index (χ0v) is 17.5. The first-order valence-electron chi connectivity index (χ1n) is 9.87. The van der Waals surface area contributed by atoms with Crippen molar-refractivity contribution in [3.8, 4) is 0 Å². The molecule has 1 atom stereocenters. The van der Waals surface area contributed by atoms with Crippen LogP contribution in [0.5, 0.6) is 0 Å². The Morgan fingerprint density at radius 1 is 1.31 bits per heavy atom. The van der Waals surface area contributed by atoms with Crippen molar-refractivity contribution < 1.29 is 13.6 Å². The highest BCUT2D eigenvalue weighted by atomic mass is 32.1. The van der Waals surface area contributed by atoms with Gasteiger partial charge in [0.15, 0.2) is 5.89 Å². The zero-order valence-electron chi connectivity index (χ0n) is 16.7. The van der Waals surface area contributed by atoms with Crippen molar-refractivity contribution in [1.82, 2.24) is 14.9 Å². The molecule has 5 nitrogen and oxygen atoms in total. The number of halogens is 1. The van der Waals surface area contributed by atoms with Gasteiger partial charge in [-0.3, -0.25) is 4.79 Å². The summed E-state index contributed by atoms with van der Waals surface area (Å²) in [7, 11) is 0. The summed E-state index contributed by atoms with van der Waals surface area (Å²) in [5, 5.41) is 0.996. The third-order valence-corrected chi connectivity index (χ3v) is 6.37. The van der Waals surface area contributed by atoms with Crippen LogP contribution in [0.3, 0.4) is 0 Å². The molecule has 0 bridgehead atoms. The Labute approximate surface area is 173 Å². The summed E-state index contributed by atoms with van der Waals surface area (Å²) in [4.78, 5) is 24.7. The lowest BCUT2D eigenvalue weighted by Gasteiger charge is -2.31. The molecular formula is C22H24FN3O2S. The van der Waals surface area contributed by atoms with Crippen LogP contribution in [0.4, 0.5) is 4.39 Å². The van der Waals surface area contributed by atoms with E-state index in [4.69, 9.17) is 4.42 Å². The number of likely N-dealkylation sites (tertiary alicyclic amines) is 1. The first-order valence-corrected chi connectivity index (χ1v) is 10.7. The average molecular weight is 414 g/mol. The van der Waals surface area contributed by atoms with Crippen LogP contribution < -0.4 is 0 Å². The van der Waals surface area contributed by atoms with E-state index >= 15 is 0 Å². The maximum Gasteiger partial charge on any atom is 0.227 e. The highest BCUT2D eigenvalue weighted by molar-refractivity contribution is 7.11. The third kappa shape index (κ3) is 4.72. The van der Waals surface area contributed by atoms with Crippen LogP contribution in [-0.2, 0) is 17.6 Å².